The van der Waals surface area contributed by atoms with Crippen LogP contribution in [-0.4, -0.2) is 21.0 Å². The van der Waals surface area contributed by atoms with Crippen LogP contribution in [0.2, 0.25) is 18.1 Å². The Morgan fingerprint density at radius 3 is 2.33 bits per heavy atom. The number of hydrogen-bond acceptors (Lipinski definition) is 2. The SMILES string of the molecule is C=CC(CCOCc1ccccc1)O[Si](C)(C)C(C)(C)C. The van der Waals surface area contributed by atoms with Gasteiger partial charge in [-0.3, -0.25) is 0 Å². The zero-order chi connectivity index (χ0) is 15.9. The second-order valence-corrected chi connectivity index (χ2v) is 11.7. The first-order valence-electron chi connectivity index (χ1n) is 7.68. The van der Waals surface area contributed by atoms with Crippen LogP contribution in [0.5, 0.6) is 0 Å². The molecule has 21 heavy (non-hydrogen) atoms. The van der Waals surface area contributed by atoms with E-state index in [0.717, 1.165) is 6.42 Å². The molecule has 0 saturated heterocycles. The van der Waals surface area contributed by atoms with Crippen molar-refractivity contribution in [3.05, 3.63) is 48.6 Å². The van der Waals surface area contributed by atoms with Crippen molar-refractivity contribution < 1.29 is 9.16 Å². The summed E-state index contributed by atoms with van der Waals surface area (Å²) >= 11 is 0. The fourth-order valence-corrected chi connectivity index (χ4v) is 3.07. The molecule has 2 nitrogen and oxygen atoms in total. The van der Waals surface area contributed by atoms with Crippen molar-refractivity contribution in [3.8, 4) is 0 Å². The van der Waals surface area contributed by atoms with Crippen molar-refractivity contribution in [1.82, 2.24) is 0 Å². The predicted molar refractivity (Wildman–Crippen MR) is 93.0 cm³/mol. The lowest BCUT2D eigenvalue weighted by molar-refractivity contribution is 0.0909. The van der Waals surface area contributed by atoms with Crippen molar-refractivity contribution in [3.63, 3.8) is 0 Å². The Balaban J connectivity index is 2.36. The van der Waals surface area contributed by atoms with Crippen LogP contribution >= 0.6 is 0 Å². The van der Waals surface area contributed by atoms with Gasteiger partial charge in [0.2, 0.25) is 0 Å². The lowest BCUT2D eigenvalue weighted by Gasteiger charge is -2.38. The van der Waals surface area contributed by atoms with E-state index in [1.807, 2.05) is 24.3 Å². The summed E-state index contributed by atoms with van der Waals surface area (Å²) in [6, 6.07) is 10.2. The number of rotatable bonds is 8. The summed E-state index contributed by atoms with van der Waals surface area (Å²) in [7, 11) is -1.74. The first-order chi connectivity index (χ1) is 9.76. The van der Waals surface area contributed by atoms with Crippen LogP contribution in [0.1, 0.15) is 32.8 Å². The van der Waals surface area contributed by atoms with Crippen molar-refractivity contribution in [1.29, 1.82) is 0 Å². The van der Waals surface area contributed by atoms with Gasteiger partial charge in [-0.2, -0.15) is 0 Å². The van der Waals surface area contributed by atoms with E-state index < -0.39 is 8.32 Å². The topological polar surface area (TPSA) is 18.5 Å². The van der Waals surface area contributed by atoms with E-state index in [2.05, 4.69) is 52.6 Å². The molecule has 0 fully saturated rings. The van der Waals surface area contributed by atoms with E-state index in [9.17, 15) is 0 Å². The average Bonchev–Trinajstić information content (AvgIpc) is 2.42. The second kappa shape index (κ2) is 7.92. The van der Waals surface area contributed by atoms with E-state index in [1.54, 1.807) is 0 Å². The summed E-state index contributed by atoms with van der Waals surface area (Å²) < 4.78 is 12.1. The Kier molecular flexibility index (Phi) is 6.85. The Labute approximate surface area is 131 Å². The smallest absolute Gasteiger partial charge is 0.192 e. The Bertz CT molecular complexity index is 421. The van der Waals surface area contributed by atoms with Gasteiger partial charge in [-0.05, 0) is 30.1 Å². The molecule has 0 saturated carbocycles. The van der Waals surface area contributed by atoms with Gasteiger partial charge in [0.05, 0.1) is 12.7 Å². The van der Waals surface area contributed by atoms with Crippen LogP contribution < -0.4 is 0 Å². The largest absolute Gasteiger partial charge is 0.410 e. The third-order valence-electron chi connectivity index (χ3n) is 4.17. The van der Waals surface area contributed by atoms with E-state index in [0.29, 0.717) is 13.2 Å². The zero-order valence-corrected chi connectivity index (χ0v) is 15.2. The van der Waals surface area contributed by atoms with Gasteiger partial charge in [-0.15, -0.1) is 6.58 Å². The molecule has 1 atom stereocenters. The molecule has 0 spiro atoms. The third-order valence-corrected chi connectivity index (χ3v) is 8.68. The molecule has 1 aromatic carbocycles. The van der Waals surface area contributed by atoms with E-state index in [1.165, 1.54) is 5.56 Å². The highest BCUT2D eigenvalue weighted by atomic mass is 28.4. The summed E-state index contributed by atoms with van der Waals surface area (Å²) in [6.45, 7) is 16.6. The Morgan fingerprint density at radius 2 is 1.81 bits per heavy atom. The maximum atomic E-state index is 6.34. The van der Waals surface area contributed by atoms with Crippen molar-refractivity contribution >= 4 is 8.32 Å². The molecule has 0 aliphatic rings. The maximum absolute atomic E-state index is 6.34. The summed E-state index contributed by atoms with van der Waals surface area (Å²) in [5.41, 5.74) is 1.21. The lowest BCUT2D eigenvalue weighted by atomic mass is 10.2. The molecule has 0 bridgehead atoms. The molecule has 1 rings (SSSR count). The highest BCUT2D eigenvalue weighted by Gasteiger charge is 2.38. The van der Waals surface area contributed by atoms with Gasteiger partial charge < -0.3 is 9.16 Å². The standard InChI is InChI=1S/C18H30O2Si/c1-7-17(20-21(5,6)18(2,3)4)13-14-19-15-16-11-9-8-10-12-16/h7-12,17H,1,13-15H2,2-6H3. The van der Waals surface area contributed by atoms with Crippen LogP contribution in [0, 0.1) is 0 Å². The van der Waals surface area contributed by atoms with Crippen LogP contribution in [0.25, 0.3) is 0 Å². The normalized spacial score (nSPS) is 14.0. The van der Waals surface area contributed by atoms with Crippen LogP contribution in [0.3, 0.4) is 0 Å². The monoisotopic (exact) mass is 306 g/mol. The zero-order valence-electron chi connectivity index (χ0n) is 14.2. The van der Waals surface area contributed by atoms with Crippen LogP contribution in [0.15, 0.2) is 43.0 Å². The predicted octanol–water partition coefficient (Wildman–Crippen LogP) is 5.17. The minimum atomic E-state index is -1.74. The Hall–Kier alpha value is -0.903. The molecule has 1 aromatic rings. The maximum Gasteiger partial charge on any atom is 0.192 e. The molecular formula is C18H30O2Si. The van der Waals surface area contributed by atoms with E-state index in [4.69, 9.17) is 9.16 Å². The lowest BCUT2D eigenvalue weighted by Crippen LogP contribution is -2.43. The fraction of sp³-hybridized carbons (Fsp3) is 0.556. The van der Waals surface area contributed by atoms with Gasteiger partial charge in [-0.25, -0.2) is 0 Å². The minimum Gasteiger partial charge on any atom is -0.410 e. The van der Waals surface area contributed by atoms with Crippen LogP contribution in [-0.2, 0) is 15.8 Å². The molecule has 0 aliphatic heterocycles. The molecule has 1 unspecified atom stereocenters. The molecule has 0 N–H and O–H groups in total. The molecule has 0 heterocycles. The minimum absolute atomic E-state index is 0.0849. The first-order valence-corrected chi connectivity index (χ1v) is 10.6. The van der Waals surface area contributed by atoms with Crippen LogP contribution in [0.4, 0.5) is 0 Å². The van der Waals surface area contributed by atoms with Gasteiger partial charge in [0, 0.05) is 6.61 Å². The van der Waals surface area contributed by atoms with Gasteiger partial charge in [0.1, 0.15) is 0 Å². The van der Waals surface area contributed by atoms with Crippen molar-refractivity contribution in [2.45, 2.75) is 58.0 Å². The fourth-order valence-electron chi connectivity index (χ4n) is 1.74. The molecular weight excluding hydrogens is 276 g/mol. The van der Waals surface area contributed by atoms with Gasteiger partial charge in [0.15, 0.2) is 8.32 Å². The average molecular weight is 307 g/mol. The summed E-state index contributed by atoms with van der Waals surface area (Å²) in [4.78, 5) is 0. The molecule has 3 heteroatoms. The third kappa shape index (κ3) is 6.16. The quantitative estimate of drug-likeness (QED) is 0.375. The first kappa shape index (κ1) is 18.1. The highest BCUT2D eigenvalue weighted by molar-refractivity contribution is 6.74. The van der Waals surface area contributed by atoms with Gasteiger partial charge >= 0.3 is 0 Å². The summed E-state index contributed by atoms with van der Waals surface area (Å²) in [5, 5.41) is 0.221. The number of benzene rings is 1. The Morgan fingerprint density at radius 1 is 1.19 bits per heavy atom. The highest BCUT2D eigenvalue weighted by Crippen LogP contribution is 2.37. The number of ether oxygens (including phenoxy) is 1. The van der Waals surface area contributed by atoms with E-state index in [-0.39, 0.29) is 11.1 Å². The molecule has 0 amide bonds. The molecule has 118 valence electrons. The second-order valence-electron chi connectivity index (χ2n) is 6.98. The molecule has 0 aliphatic carbocycles. The molecule has 0 radical (unpaired) electrons. The van der Waals surface area contributed by atoms with Gasteiger partial charge in [-0.1, -0.05) is 57.2 Å². The molecule has 0 aromatic heterocycles. The van der Waals surface area contributed by atoms with Crippen molar-refractivity contribution in [2.75, 3.05) is 6.61 Å². The summed E-state index contributed by atoms with van der Waals surface area (Å²) in [6.07, 6.45) is 2.86. The van der Waals surface area contributed by atoms with Crippen molar-refractivity contribution in [2.24, 2.45) is 0 Å². The number of hydrogen-bond donors (Lipinski definition) is 0. The van der Waals surface area contributed by atoms with Gasteiger partial charge in [0.25, 0.3) is 0 Å². The van der Waals surface area contributed by atoms with E-state index >= 15 is 0 Å². The summed E-state index contributed by atoms with van der Waals surface area (Å²) in [5.74, 6) is 0.